The van der Waals surface area contributed by atoms with Gasteiger partial charge < -0.3 is 14.8 Å². The van der Waals surface area contributed by atoms with Gasteiger partial charge in [0.25, 0.3) is 0 Å². The molecule has 0 heterocycles. The maximum absolute atomic E-state index is 11.8. The van der Waals surface area contributed by atoms with E-state index in [2.05, 4.69) is 14.8 Å². The second-order valence-electron chi connectivity index (χ2n) is 3.46. The summed E-state index contributed by atoms with van der Waals surface area (Å²) in [4.78, 5) is 10.9. The van der Waals surface area contributed by atoms with E-state index in [1.807, 2.05) is 0 Å². The number of ether oxygens (including phenoxy) is 2. The molecule has 1 aromatic carbocycles. The SMILES string of the molecule is CNC(=O)OCCNS(=O)(=O)c1ccc(OC)cc1. The number of sulfonamides is 1. The van der Waals surface area contributed by atoms with Crippen LogP contribution in [0.5, 0.6) is 5.75 Å². The number of hydrogen-bond donors (Lipinski definition) is 2. The van der Waals surface area contributed by atoms with Gasteiger partial charge in [-0.15, -0.1) is 0 Å². The summed E-state index contributed by atoms with van der Waals surface area (Å²) in [7, 11) is -0.689. The molecule has 0 saturated heterocycles. The number of carbonyl (C=O) groups excluding carboxylic acids is 1. The lowest BCUT2D eigenvalue weighted by Gasteiger charge is -2.08. The maximum atomic E-state index is 11.8. The van der Waals surface area contributed by atoms with Gasteiger partial charge in [0.15, 0.2) is 0 Å². The number of rotatable bonds is 6. The highest BCUT2D eigenvalue weighted by Crippen LogP contribution is 2.14. The van der Waals surface area contributed by atoms with E-state index in [0.29, 0.717) is 5.75 Å². The minimum Gasteiger partial charge on any atom is -0.497 e. The van der Waals surface area contributed by atoms with Crippen molar-refractivity contribution < 1.29 is 22.7 Å². The standard InChI is InChI=1S/C11H16N2O5S/c1-12-11(14)18-8-7-13-19(15,16)10-5-3-9(17-2)4-6-10/h3-6,13H,7-8H2,1-2H3,(H,12,14). The Balaban J connectivity index is 2.53. The Morgan fingerprint density at radius 2 is 1.89 bits per heavy atom. The van der Waals surface area contributed by atoms with Crippen molar-refractivity contribution in [2.75, 3.05) is 27.3 Å². The van der Waals surface area contributed by atoms with Crippen LogP contribution >= 0.6 is 0 Å². The number of benzene rings is 1. The Labute approximate surface area is 112 Å². The van der Waals surface area contributed by atoms with Crippen molar-refractivity contribution in [1.29, 1.82) is 0 Å². The van der Waals surface area contributed by atoms with E-state index in [0.717, 1.165) is 0 Å². The van der Waals surface area contributed by atoms with Crippen molar-refractivity contribution in [3.05, 3.63) is 24.3 Å². The Morgan fingerprint density at radius 1 is 1.26 bits per heavy atom. The zero-order valence-electron chi connectivity index (χ0n) is 10.7. The van der Waals surface area contributed by atoms with Crippen molar-refractivity contribution >= 4 is 16.1 Å². The molecule has 2 N–H and O–H groups in total. The van der Waals surface area contributed by atoms with E-state index in [4.69, 9.17) is 4.74 Å². The molecule has 0 unspecified atom stereocenters. The van der Waals surface area contributed by atoms with Crippen LogP contribution in [0.1, 0.15) is 0 Å². The van der Waals surface area contributed by atoms with E-state index in [1.165, 1.54) is 26.3 Å². The fraction of sp³-hybridized carbons (Fsp3) is 0.364. The zero-order valence-corrected chi connectivity index (χ0v) is 11.5. The van der Waals surface area contributed by atoms with Crippen LogP contribution in [0.15, 0.2) is 29.2 Å². The van der Waals surface area contributed by atoms with Crippen molar-refractivity contribution in [3.63, 3.8) is 0 Å². The average molecular weight is 288 g/mol. The van der Waals surface area contributed by atoms with Crippen LogP contribution in [0.4, 0.5) is 4.79 Å². The lowest BCUT2D eigenvalue weighted by molar-refractivity contribution is 0.150. The topological polar surface area (TPSA) is 93.7 Å². The van der Waals surface area contributed by atoms with Gasteiger partial charge in [0, 0.05) is 13.6 Å². The molecule has 0 saturated carbocycles. The molecule has 1 aromatic rings. The molecule has 106 valence electrons. The van der Waals surface area contributed by atoms with Crippen LogP contribution in [0.2, 0.25) is 0 Å². The Hall–Kier alpha value is -1.80. The molecule has 0 atom stereocenters. The second kappa shape index (κ2) is 6.95. The molecule has 1 amide bonds. The first-order valence-electron chi connectivity index (χ1n) is 5.48. The minimum atomic E-state index is -3.61. The molecule has 19 heavy (non-hydrogen) atoms. The normalized spacial score (nSPS) is 10.8. The highest BCUT2D eigenvalue weighted by atomic mass is 32.2. The molecule has 0 aliphatic carbocycles. The van der Waals surface area contributed by atoms with Gasteiger partial charge in [0.2, 0.25) is 10.0 Å². The fourth-order valence-electron chi connectivity index (χ4n) is 1.23. The fourth-order valence-corrected chi connectivity index (χ4v) is 2.24. The van der Waals surface area contributed by atoms with Crippen LogP contribution < -0.4 is 14.8 Å². The van der Waals surface area contributed by atoms with Crippen molar-refractivity contribution in [2.45, 2.75) is 4.90 Å². The zero-order chi connectivity index (χ0) is 14.3. The van der Waals surface area contributed by atoms with E-state index in [1.54, 1.807) is 12.1 Å². The van der Waals surface area contributed by atoms with E-state index < -0.39 is 16.1 Å². The first-order valence-corrected chi connectivity index (χ1v) is 6.96. The van der Waals surface area contributed by atoms with Gasteiger partial charge in [0.05, 0.1) is 12.0 Å². The third-order valence-electron chi connectivity index (χ3n) is 2.20. The highest BCUT2D eigenvalue weighted by Gasteiger charge is 2.13. The molecule has 1 rings (SSSR count). The smallest absolute Gasteiger partial charge is 0.406 e. The van der Waals surface area contributed by atoms with Gasteiger partial charge in [-0.1, -0.05) is 0 Å². The van der Waals surface area contributed by atoms with Crippen LogP contribution in [-0.4, -0.2) is 41.8 Å². The van der Waals surface area contributed by atoms with Gasteiger partial charge in [0.1, 0.15) is 12.4 Å². The number of nitrogens with one attached hydrogen (secondary N) is 2. The number of carbonyl (C=O) groups is 1. The molecule has 0 fully saturated rings. The van der Waals surface area contributed by atoms with Gasteiger partial charge in [-0.2, -0.15) is 0 Å². The van der Waals surface area contributed by atoms with Crippen molar-refractivity contribution in [1.82, 2.24) is 10.0 Å². The summed E-state index contributed by atoms with van der Waals surface area (Å²) in [5.41, 5.74) is 0. The van der Waals surface area contributed by atoms with Gasteiger partial charge in [-0.05, 0) is 24.3 Å². The first kappa shape index (κ1) is 15.3. The maximum Gasteiger partial charge on any atom is 0.406 e. The Kier molecular flexibility index (Phi) is 5.58. The summed E-state index contributed by atoms with van der Waals surface area (Å²) in [5, 5.41) is 2.25. The number of alkyl carbamates (subject to hydrolysis) is 1. The van der Waals surface area contributed by atoms with E-state index in [-0.39, 0.29) is 18.0 Å². The Bertz CT molecular complexity index is 512. The predicted octanol–water partition coefficient (Wildman–Crippen LogP) is 0.329. The quantitative estimate of drug-likeness (QED) is 0.736. The lowest BCUT2D eigenvalue weighted by atomic mass is 10.3. The van der Waals surface area contributed by atoms with Crippen molar-refractivity contribution in [3.8, 4) is 5.75 Å². The first-order chi connectivity index (χ1) is 8.99. The summed E-state index contributed by atoms with van der Waals surface area (Å²) in [6.07, 6.45) is -0.608. The van der Waals surface area contributed by atoms with Crippen molar-refractivity contribution in [2.24, 2.45) is 0 Å². The van der Waals surface area contributed by atoms with Gasteiger partial charge >= 0.3 is 6.09 Å². The van der Waals surface area contributed by atoms with Gasteiger partial charge in [-0.3, -0.25) is 0 Å². The molecule has 0 aromatic heterocycles. The molecule has 0 aliphatic rings. The minimum absolute atomic E-state index is 0.00177. The largest absolute Gasteiger partial charge is 0.497 e. The number of hydrogen-bond acceptors (Lipinski definition) is 5. The highest BCUT2D eigenvalue weighted by molar-refractivity contribution is 7.89. The van der Waals surface area contributed by atoms with E-state index in [9.17, 15) is 13.2 Å². The molecule has 0 radical (unpaired) electrons. The van der Waals surface area contributed by atoms with Crippen LogP contribution in [0, 0.1) is 0 Å². The third-order valence-corrected chi connectivity index (χ3v) is 3.68. The van der Waals surface area contributed by atoms with E-state index >= 15 is 0 Å². The summed E-state index contributed by atoms with van der Waals surface area (Å²) >= 11 is 0. The molecular formula is C11H16N2O5S. The predicted molar refractivity (Wildman–Crippen MR) is 68.6 cm³/mol. The Morgan fingerprint density at radius 3 is 2.42 bits per heavy atom. The molecule has 0 aliphatic heterocycles. The average Bonchev–Trinajstić information content (AvgIpc) is 2.43. The molecule has 0 spiro atoms. The monoisotopic (exact) mass is 288 g/mol. The lowest BCUT2D eigenvalue weighted by Crippen LogP contribution is -2.29. The van der Waals surface area contributed by atoms with Crippen LogP contribution in [0.25, 0.3) is 0 Å². The summed E-state index contributed by atoms with van der Waals surface area (Å²) < 4.78 is 35.6. The molecule has 0 bridgehead atoms. The molecule has 7 nitrogen and oxygen atoms in total. The second-order valence-corrected chi connectivity index (χ2v) is 5.23. The number of amides is 1. The molecule has 8 heteroatoms. The van der Waals surface area contributed by atoms with Crippen LogP contribution in [0.3, 0.4) is 0 Å². The summed E-state index contributed by atoms with van der Waals surface area (Å²) in [6, 6.07) is 5.97. The summed E-state index contributed by atoms with van der Waals surface area (Å²) in [5.74, 6) is 0.571. The third kappa shape index (κ3) is 4.76. The van der Waals surface area contributed by atoms with Gasteiger partial charge in [-0.25, -0.2) is 17.9 Å². The molecular weight excluding hydrogens is 272 g/mol. The number of methoxy groups -OCH3 is 1. The summed E-state index contributed by atoms with van der Waals surface area (Å²) in [6.45, 7) is -0.0448. The van der Waals surface area contributed by atoms with Crippen LogP contribution in [-0.2, 0) is 14.8 Å².